The van der Waals surface area contributed by atoms with Crippen LogP contribution in [0.1, 0.15) is 49.7 Å². The molecular weight excluding hydrogens is 312 g/mol. The highest BCUT2D eigenvalue weighted by Gasteiger charge is 2.38. The van der Waals surface area contributed by atoms with Gasteiger partial charge in [-0.05, 0) is 61.5 Å². The van der Waals surface area contributed by atoms with Crippen molar-refractivity contribution >= 4 is 10.1 Å². The summed E-state index contributed by atoms with van der Waals surface area (Å²) in [5.74, 6) is -0.368. The van der Waals surface area contributed by atoms with Crippen LogP contribution in [0.15, 0.2) is 36.9 Å². The van der Waals surface area contributed by atoms with Gasteiger partial charge in [-0.15, -0.1) is 6.58 Å². The maximum Gasteiger partial charge on any atom is 0.268 e. The van der Waals surface area contributed by atoms with Crippen molar-refractivity contribution in [2.45, 2.75) is 56.5 Å². The van der Waals surface area contributed by atoms with E-state index in [4.69, 9.17) is 4.55 Å². The molecule has 4 nitrogen and oxygen atoms in total. The predicted octanol–water partition coefficient (Wildman–Crippen LogP) is 3.26. The first kappa shape index (κ1) is 18.2. The first-order chi connectivity index (χ1) is 10.9. The lowest BCUT2D eigenvalue weighted by Gasteiger charge is -2.43. The van der Waals surface area contributed by atoms with Crippen molar-refractivity contribution in [1.82, 2.24) is 0 Å². The van der Waals surface area contributed by atoms with Crippen LogP contribution in [0.25, 0.3) is 0 Å². The smallest absolute Gasteiger partial charge is 0.268 e. The van der Waals surface area contributed by atoms with Crippen molar-refractivity contribution in [3.05, 3.63) is 48.0 Å². The summed E-state index contributed by atoms with van der Waals surface area (Å²) in [6.07, 6.45) is 9.35. The molecule has 0 unspecified atom stereocenters. The summed E-state index contributed by atoms with van der Waals surface area (Å²) in [7, 11) is -3.79. The molecule has 0 aromatic heterocycles. The van der Waals surface area contributed by atoms with E-state index in [-0.39, 0.29) is 11.9 Å². The maximum atomic E-state index is 9.72. The van der Waals surface area contributed by atoms with Gasteiger partial charge in [0.1, 0.15) is 0 Å². The molecule has 0 amide bonds. The molecule has 0 saturated heterocycles. The van der Waals surface area contributed by atoms with E-state index >= 15 is 0 Å². The lowest BCUT2D eigenvalue weighted by Crippen LogP contribution is -2.36. The van der Waals surface area contributed by atoms with E-state index in [0.717, 1.165) is 18.9 Å². The van der Waals surface area contributed by atoms with Gasteiger partial charge in [0, 0.05) is 0 Å². The minimum absolute atomic E-state index is 0.0419. The second-order valence-corrected chi connectivity index (χ2v) is 8.06. The molecule has 128 valence electrons. The van der Waals surface area contributed by atoms with Gasteiger partial charge in [-0.1, -0.05) is 30.3 Å². The van der Waals surface area contributed by atoms with E-state index < -0.39 is 10.1 Å². The van der Waals surface area contributed by atoms with Crippen LogP contribution in [-0.4, -0.2) is 29.9 Å². The molecular formula is C18H26O4S. The normalized spacial score (nSPS) is 26.8. The lowest BCUT2D eigenvalue weighted by atomic mass is 9.62. The predicted molar refractivity (Wildman–Crippen MR) is 92.1 cm³/mol. The molecule has 0 bridgehead atoms. The summed E-state index contributed by atoms with van der Waals surface area (Å²) in [5, 5.41) is 9.67. The second kappa shape index (κ2) is 7.60. The van der Waals surface area contributed by atoms with E-state index in [2.05, 4.69) is 30.8 Å². The fraction of sp³-hybridized carbons (Fsp3) is 0.556. The molecule has 0 aliphatic heterocycles. The molecule has 3 rings (SSSR count). The molecule has 2 N–H and O–H groups in total. The van der Waals surface area contributed by atoms with Gasteiger partial charge < -0.3 is 5.11 Å². The lowest BCUT2D eigenvalue weighted by molar-refractivity contribution is 0.0888. The van der Waals surface area contributed by atoms with E-state index in [1.54, 1.807) is 11.1 Å². The Morgan fingerprint density at radius 1 is 1.22 bits per heavy atom. The Morgan fingerprint density at radius 2 is 1.87 bits per heavy atom. The van der Waals surface area contributed by atoms with Gasteiger partial charge in [0.15, 0.2) is 0 Å². The highest BCUT2D eigenvalue weighted by Crippen LogP contribution is 2.47. The first-order valence-electron chi connectivity index (χ1n) is 8.19. The molecule has 1 saturated carbocycles. The zero-order valence-electron chi connectivity index (χ0n) is 13.4. The molecule has 0 radical (unpaired) electrons. The van der Waals surface area contributed by atoms with Crippen LogP contribution in [0.3, 0.4) is 0 Å². The van der Waals surface area contributed by atoms with E-state index in [1.165, 1.54) is 32.1 Å². The molecule has 2 aliphatic carbocycles. The molecule has 5 heteroatoms. The topological polar surface area (TPSA) is 74.6 Å². The van der Waals surface area contributed by atoms with Crippen LogP contribution in [0, 0.1) is 0 Å². The molecule has 23 heavy (non-hydrogen) atoms. The summed E-state index contributed by atoms with van der Waals surface area (Å²) in [6.45, 7) is 3.11. The average molecular weight is 338 g/mol. The van der Waals surface area contributed by atoms with Crippen molar-refractivity contribution in [1.29, 1.82) is 0 Å². The Kier molecular flexibility index (Phi) is 6.00. The Bertz CT molecular complexity index is 628. The Hall–Kier alpha value is -1.17. The molecule has 0 atom stereocenters. The van der Waals surface area contributed by atoms with Crippen molar-refractivity contribution < 1.29 is 18.1 Å². The fourth-order valence-electron chi connectivity index (χ4n) is 3.83. The Morgan fingerprint density at radius 3 is 2.43 bits per heavy atom. The molecule has 1 aromatic carbocycles. The van der Waals surface area contributed by atoms with Gasteiger partial charge in [-0.3, -0.25) is 4.55 Å². The number of fused-ring (bicyclic) bond motifs is 2. The minimum atomic E-state index is -3.79. The average Bonchev–Trinajstić information content (AvgIpc) is 2.50. The van der Waals surface area contributed by atoms with Crippen molar-refractivity contribution in [3.63, 3.8) is 0 Å². The third kappa shape index (κ3) is 4.90. The minimum Gasteiger partial charge on any atom is -0.393 e. The summed E-state index contributed by atoms with van der Waals surface area (Å²) >= 11 is 0. The van der Waals surface area contributed by atoms with Gasteiger partial charge in [-0.2, -0.15) is 8.42 Å². The summed E-state index contributed by atoms with van der Waals surface area (Å²) in [4.78, 5) is 0. The van der Waals surface area contributed by atoms with Crippen molar-refractivity contribution in [2.75, 3.05) is 5.75 Å². The second-order valence-electron chi connectivity index (χ2n) is 6.56. The Balaban J connectivity index is 0.000000236. The molecule has 1 aromatic rings. The largest absolute Gasteiger partial charge is 0.393 e. The first-order valence-corrected chi connectivity index (χ1v) is 9.80. The van der Waals surface area contributed by atoms with E-state index in [0.29, 0.717) is 5.41 Å². The molecule has 1 fully saturated rings. The summed E-state index contributed by atoms with van der Waals surface area (Å²) < 4.78 is 27.3. The van der Waals surface area contributed by atoms with Gasteiger partial charge in [0.05, 0.1) is 11.9 Å². The maximum absolute atomic E-state index is 9.72. The van der Waals surface area contributed by atoms with E-state index in [9.17, 15) is 13.5 Å². The third-order valence-corrected chi connectivity index (χ3v) is 5.59. The van der Waals surface area contributed by atoms with Crippen LogP contribution >= 0.6 is 0 Å². The standard InChI is InChI=1S/C15H20O.C3H6O3S/c16-13-7-10-15(11-8-13)9-3-5-12-4-1-2-6-14(12)15;1-2-3-7(4,5)6/h1-2,4,6,13,16H,3,5,7-11H2;2H,1,3H2,(H,4,5,6). The highest BCUT2D eigenvalue weighted by atomic mass is 32.2. The van der Waals surface area contributed by atoms with Crippen molar-refractivity contribution in [3.8, 4) is 0 Å². The number of aliphatic hydroxyl groups excluding tert-OH is 1. The number of hydrogen-bond acceptors (Lipinski definition) is 3. The van der Waals surface area contributed by atoms with E-state index in [1.807, 2.05) is 0 Å². The molecule has 0 heterocycles. The zero-order chi connectivity index (χ0) is 16.9. The van der Waals surface area contributed by atoms with Crippen LogP contribution in [0.4, 0.5) is 0 Å². The summed E-state index contributed by atoms with van der Waals surface area (Å²) in [5.41, 5.74) is 3.56. The van der Waals surface area contributed by atoms with Crippen LogP contribution in [0.5, 0.6) is 0 Å². The SMILES string of the molecule is C=CCS(=O)(=O)O.OC1CCC2(CCCc3ccccc32)CC1. The van der Waals surface area contributed by atoms with Gasteiger partial charge in [-0.25, -0.2) is 0 Å². The van der Waals surface area contributed by atoms with Crippen LogP contribution < -0.4 is 0 Å². The highest BCUT2D eigenvalue weighted by molar-refractivity contribution is 7.85. The number of aryl methyl sites for hydroxylation is 1. The zero-order valence-corrected chi connectivity index (χ0v) is 14.3. The summed E-state index contributed by atoms with van der Waals surface area (Å²) in [6, 6.07) is 8.96. The fourth-order valence-corrected chi connectivity index (χ4v) is 4.13. The quantitative estimate of drug-likeness (QED) is 0.641. The van der Waals surface area contributed by atoms with Crippen LogP contribution in [0.2, 0.25) is 0 Å². The monoisotopic (exact) mass is 338 g/mol. The van der Waals surface area contributed by atoms with Gasteiger partial charge >= 0.3 is 0 Å². The van der Waals surface area contributed by atoms with Crippen molar-refractivity contribution in [2.24, 2.45) is 0 Å². The third-order valence-electron chi connectivity index (χ3n) is 4.93. The van der Waals surface area contributed by atoms with Crippen LogP contribution in [-0.2, 0) is 22.0 Å². The molecule has 1 spiro atoms. The van der Waals surface area contributed by atoms with Gasteiger partial charge in [0.2, 0.25) is 0 Å². The Labute approximate surface area is 139 Å². The number of benzene rings is 1. The number of rotatable bonds is 2. The number of aliphatic hydroxyl groups is 1. The van der Waals surface area contributed by atoms with Gasteiger partial charge in [0.25, 0.3) is 10.1 Å². The number of hydrogen-bond donors (Lipinski definition) is 2. The molecule has 2 aliphatic rings.